The molecule has 0 bridgehead atoms. The van der Waals surface area contributed by atoms with Crippen molar-refractivity contribution in [3.05, 3.63) is 95.4 Å². The summed E-state index contributed by atoms with van der Waals surface area (Å²) in [5, 5.41) is 6.29. The lowest BCUT2D eigenvalue weighted by molar-refractivity contribution is -0.150. The number of hydrogen-bond donors (Lipinski definition) is 2. The Morgan fingerprint density at radius 1 is 0.861 bits per heavy atom. The van der Waals surface area contributed by atoms with Crippen LogP contribution in [0, 0.1) is 0 Å². The van der Waals surface area contributed by atoms with E-state index in [2.05, 4.69) is 59.2 Å². The minimum absolute atomic E-state index is 0.0187. The van der Waals surface area contributed by atoms with E-state index in [0.717, 1.165) is 40.5 Å². The zero-order chi connectivity index (χ0) is 24.9. The molecular formula is C30H31N3O2S. The van der Waals surface area contributed by atoms with E-state index in [1.54, 1.807) is 16.2 Å². The highest BCUT2D eigenvalue weighted by Crippen LogP contribution is 2.29. The molecule has 0 aliphatic carbocycles. The third kappa shape index (κ3) is 5.20. The van der Waals surface area contributed by atoms with Gasteiger partial charge in [-0.1, -0.05) is 72.8 Å². The maximum atomic E-state index is 13.8. The van der Waals surface area contributed by atoms with E-state index in [1.165, 1.54) is 4.70 Å². The van der Waals surface area contributed by atoms with E-state index >= 15 is 0 Å². The molecule has 5 nitrogen and oxygen atoms in total. The Morgan fingerprint density at radius 3 is 2.36 bits per heavy atom. The normalized spacial score (nSPS) is 18.0. The highest BCUT2D eigenvalue weighted by atomic mass is 32.1. The molecule has 184 valence electrons. The fourth-order valence-electron chi connectivity index (χ4n) is 4.96. The molecule has 0 saturated carbocycles. The number of hydrogen-bond acceptors (Lipinski definition) is 4. The first-order chi connectivity index (χ1) is 17.6. The second-order valence-corrected chi connectivity index (χ2v) is 10.3. The molecule has 0 spiro atoms. The Morgan fingerprint density at radius 2 is 1.58 bits per heavy atom. The molecular weight excluding hydrogens is 466 g/mol. The maximum Gasteiger partial charge on any atom is 0.246 e. The van der Waals surface area contributed by atoms with Crippen LogP contribution < -0.4 is 11.1 Å². The van der Waals surface area contributed by atoms with Crippen LogP contribution in [0.2, 0.25) is 0 Å². The van der Waals surface area contributed by atoms with Crippen LogP contribution in [0.25, 0.3) is 21.2 Å². The summed E-state index contributed by atoms with van der Waals surface area (Å²) in [6.45, 7) is 0.993. The predicted molar refractivity (Wildman–Crippen MR) is 147 cm³/mol. The van der Waals surface area contributed by atoms with Gasteiger partial charge in [0.05, 0.1) is 0 Å². The van der Waals surface area contributed by atoms with Crippen molar-refractivity contribution in [3.8, 4) is 11.1 Å². The van der Waals surface area contributed by atoms with Crippen molar-refractivity contribution in [1.82, 2.24) is 10.2 Å². The first-order valence-corrected chi connectivity index (χ1v) is 13.4. The SMILES string of the molecule is NCCCC[C@H]1C(=O)N[C@@H](Cc2csc3ccccc23)C(=O)N1Cc1ccc(-c2ccccc2)cc1. The van der Waals surface area contributed by atoms with Crippen LogP contribution in [0.1, 0.15) is 30.4 Å². The van der Waals surface area contributed by atoms with Crippen LogP contribution in [0.5, 0.6) is 0 Å². The minimum Gasteiger partial charge on any atom is -0.342 e. The van der Waals surface area contributed by atoms with Gasteiger partial charge in [-0.05, 0) is 64.9 Å². The van der Waals surface area contributed by atoms with E-state index in [4.69, 9.17) is 5.73 Å². The Bertz CT molecular complexity index is 1330. The van der Waals surface area contributed by atoms with Gasteiger partial charge in [-0.15, -0.1) is 11.3 Å². The van der Waals surface area contributed by atoms with Gasteiger partial charge in [0.2, 0.25) is 11.8 Å². The predicted octanol–water partition coefficient (Wildman–Crippen LogP) is 5.14. The van der Waals surface area contributed by atoms with Gasteiger partial charge in [0, 0.05) is 17.7 Å². The number of unbranched alkanes of at least 4 members (excludes halogenated alkanes) is 1. The lowest BCUT2D eigenvalue weighted by Gasteiger charge is -2.39. The molecule has 1 aromatic heterocycles. The Labute approximate surface area is 215 Å². The Balaban J connectivity index is 1.38. The molecule has 2 heterocycles. The van der Waals surface area contributed by atoms with Gasteiger partial charge in [0.1, 0.15) is 12.1 Å². The number of thiophene rings is 1. The second kappa shape index (κ2) is 11.1. The highest BCUT2D eigenvalue weighted by Gasteiger charge is 2.40. The highest BCUT2D eigenvalue weighted by molar-refractivity contribution is 7.17. The van der Waals surface area contributed by atoms with Crippen molar-refractivity contribution >= 4 is 33.2 Å². The number of carbonyl (C=O) groups excluding carboxylic acids is 2. The van der Waals surface area contributed by atoms with Gasteiger partial charge in [0.25, 0.3) is 0 Å². The van der Waals surface area contributed by atoms with Crippen molar-refractivity contribution < 1.29 is 9.59 Å². The molecule has 0 radical (unpaired) electrons. The monoisotopic (exact) mass is 497 g/mol. The summed E-state index contributed by atoms with van der Waals surface area (Å²) in [5.41, 5.74) is 10.1. The standard InChI is InChI=1S/C30H31N3O2S/c31-17-7-6-11-27-29(34)32-26(18-24-20-36-28-12-5-4-10-25(24)28)30(35)33(27)19-21-13-15-23(16-14-21)22-8-2-1-3-9-22/h1-5,8-10,12-16,20,26-27H,6-7,11,17-19,31H2,(H,32,34)/t26-,27-/m0/s1. The smallest absolute Gasteiger partial charge is 0.246 e. The molecule has 36 heavy (non-hydrogen) atoms. The summed E-state index contributed by atoms with van der Waals surface area (Å²) in [6.07, 6.45) is 2.76. The van der Waals surface area contributed by atoms with E-state index in [-0.39, 0.29) is 11.8 Å². The summed E-state index contributed by atoms with van der Waals surface area (Å²) >= 11 is 1.67. The van der Waals surface area contributed by atoms with Crippen LogP contribution >= 0.6 is 11.3 Å². The van der Waals surface area contributed by atoms with E-state index < -0.39 is 12.1 Å². The molecule has 3 aromatic carbocycles. The van der Waals surface area contributed by atoms with Gasteiger partial charge < -0.3 is 16.0 Å². The lowest BCUT2D eigenvalue weighted by atomic mass is 9.96. The van der Waals surface area contributed by atoms with Gasteiger partial charge in [-0.2, -0.15) is 0 Å². The number of fused-ring (bicyclic) bond motifs is 1. The van der Waals surface area contributed by atoms with Crippen LogP contribution in [0.15, 0.2) is 84.2 Å². The summed E-state index contributed by atoms with van der Waals surface area (Å²) in [5.74, 6) is -0.0909. The fourth-order valence-corrected chi connectivity index (χ4v) is 5.94. The third-order valence-electron chi connectivity index (χ3n) is 6.91. The number of rotatable bonds is 9. The molecule has 1 fully saturated rings. The number of nitrogens with one attached hydrogen (secondary N) is 1. The van der Waals surface area contributed by atoms with Crippen molar-refractivity contribution in [1.29, 1.82) is 0 Å². The van der Waals surface area contributed by atoms with Gasteiger partial charge >= 0.3 is 0 Å². The molecule has 1 saturated heterocycles. The van der Waals surface area contributed by atoms with Gasteiger partial charge in [-0.25, -0.2) is 0 Å². The van der Waals surface area contributed by atoms with Crippen molar-refractivity contribution in [3.63, 3.8) is 0 Å². The first-order valence-electron chi connectivity index (χ1n) is 12.5. The van der Waals surface area contributed by atoms with Crippen LogP contribution in [0.3, 0.4) is 0 Å². The molecule has 6 heteroatoms. The molecule has 0 unspecified atom stereocenters. The second-order valence-electron chi connectivity index (χ2n) is 9.35. The largest absolute Gasteiger partial charge is 0.342 e. The van der Waals surface area contributed by atoms with Crippen molar-refractivity contribution in [2.24, 2.45) is 5.73 Å². The first kappa shape index (κ1) is 24.2. The number of amides is 2. The molecule has 1 aliphatic heterocycles. The van der Waals surface area contributed by atoms with E-state index in [0.29, 0.717) is 25.9 Å². The molecule has 2 atom stereocenters. The quantitative estimate of drug-likeness (QED) is 0.315. The molecule has 2 amide bonds. The molecule has 1 aliphatic rings. The topological polar surface area (TPSA) is 75.4 Å². The summed E-state index contributed by atoms with van der Waals surface area (Å²) in [6, 6.07) is 25.7. The van der Waals surface area contributed by atoms with Crippen molar-refractivity contribution in [2.45, 2.75) is 44.3 Å². The summed E-state index contributed by atoms with van der Waals surface area (Å²) < 4.78 is 1.19. The lowest BCUT2D eigenvalue weighted by Crippen LogP contribution is -2.63. The fraction of sp³-hybridized carbons (Fsp3) is 0.267. The molecule has 3 N–H and O–H groups in total. The van der Waals surface area contributed by atoms with Crippen LogP contribution in [-0.2, 0) is 22.6 Å². The number of benzene rings is 3. The zero-order valence-corrected chi connectivity index (χ0v) is 21.0. The maximum absolute atomic E-state index is 13.8. The number of nitrogens with zero attached hydrogens (tertiary/aromatic N) is 1. The molecule has 5 rings (SSSR count). The number of carbonyl (C=O) groups is 2. The summed E-state index contributed by atoms with van der Waals surface area (Å²) in [7, 11) is 0. The van der Waals surface area contributed by atoms with Gasteiger partial charge in [0.15, 0.2) is 0 Å². The number of piperazine rings is 1. The van der Waals surface area contributed by atoms with Crippen LogP contribution in [-0.4, -0.2) is 35.3 Å². The molecule has 4 aromatic rings. The Hall–Kier alpha value is -3.48. The summed E-state index contributed by atoms with van der Waals surface area (Å²) in [4.78, 5) is 28.8. The minimum atomic E-state index is -0.565. The Kier molecular flexibility index (Phi) is 7.44. The van der Waals surface area contributed by atoms with Gasteiger partial charge in [-0.3, -0.25) is 9.59 Å². The average Bonchev–Trinajstić information content (AvgIpc) is 3.32. The average molecular weight is 498 g/mol. The van der Waals surface area contributed by atoms with E-state index in [1.807, 2.05) is 30.3 Å². The van der Waals surface area contributed by atoms with Crippen molar-refractivity contribution in [2.75, 3.05) is 6.54 Å². The number of nitrogens with two attached hydrogens (primary N) is 1. The third-order valence-corrected chi connectivity index (χ3v) is 7.92. The van der Waals surface area contributed by atoms with Crippen LogP contribution in [0.4, 0.5) is 0 Å². The zero-order valence-electron chi connectivity index (χ0n) is 20.2. The van der Waals surface area contributed by atoms with E-state index in [9.17, 15) is 9.59 Å².